The molecule has 0 aliphatic heterocycles. The summed E-state index contributed by atoms with van der Waals surface area (Å²) in [6.07, 6.45) is 8.07. The molecule has 2 heterocycles. The van der Waals surface area contributed by atoms with Gasteiger partial charge in [0, 0.05) is 43.5 Å². The number of aliphatic imine (C=N–C) groups is 1. The van der Waals surface area contributed by atoms with Gasteiger partial charge in [-0.25, -0.2) is 4.98 Å². The van der Waals surface area contributed by atoms with E-state index in [9.17, 15) is 4.79 Å². The first kappa shape index (κ1) is 15.4. The van der Waals surface area contributed by atoms with Crippen LogP contribution < -0.4 is 11.5 Å². The highest BCUT2D eigenvalue weighted by molar-refractivity contribution is 6.01. The fraction of sp³-hybridized carbons (Fsp3) is 0.214. The number of carbonyl (C=O) groups is 1. The van der Waals surface area contributed by atoms with Crippen LogP contribution >= 0.6 is 0 Å². The maximum atomic E-state index is 11.2. The van der Waals surface area contributed by atoms with Crippen molar-refractivity contribution in [2.45, 2.75) is 12.3 Å². The Bertz CT molecular complexity index is 678. The summed E-state index contributed by atoms with van der Waals surface area (Å²) >= 11 is 0. The molecular weight excluding hydrogens is 282 g/mol. The summed E-state index contributed by atoms with van der Waals surface area (Å²) in [6.45, 7) is 0.474. The molecule has 0 spiro atoms. The van der Waals surface area contributed by atoms with Crippen molar-refractivity contribution in [3.63, 3.8) is 0 Å². The third kappa shape index (κ3) is 3.75. The second-order valence-electron chi connectivity index (χ2n) is 4.65. The van der Waals surface area contributed by atoms with Gasteiger partial charge in [-0.15, -0.1) is 0 Å². The SMILES string of the molecule is N=CC(C(N)=NCCc1cnc[nH]1)c1cncc(C(N)=O)c1. The maximum absolute atomic E-state index is 11.2. The number of imidazole rings is 1. The molecule has 6 N–H and O–H groups in total. The lowest BCUT2D eigenvalue weighted by Gasteiger charge is -2.12. The average molecular weight is 299 g/mol. The normalized spacial score (nSPS) is 12.8. The van der Waals surface area contributed by atoms with E-state index in [1.807, 2.05) is 0 Å². The highest BCUT2D eigenvalue weighted by Gasteiger charge is 2.15. The number of rotatable bonds is 7. The molecule has 0 saturated carbocycles. The number of hydrogen-bond acceptors (Lipinski definition) is 5. The lowest BCUT2D eigenvalue weighted by molar-refractivity contribution is 0.1000. The molecule has 1 unspecified atom stereocenters. The van der Waals surface area contributed by atoms with Crippen LogP contribution in [0, 0.1) is 5.41 Å². The first-order chi connectivity index (χ1) is 10.6. The molecule has 1 amide bonds. The minimum absolute atomic E-state index is 0.273. The van der Waals surface area contributed by atoms with Crippen molar-refractivity contribution in [3.05, 3.63) is 47.8 Å². The molecule has 0 aliphatic carbocycles. The smallest absolute Gasteiger partial charge is 0.250 e. The van der Waals surface area contributed by atoms with Crippen molar-refractivity contribution in [2.75, 3.05) is 6.54 Å². The molecule has 114 valence electrons. The molecule has 0 saturated heterocycles. The largest absolute Gasteiger partial charge is 0.387 e. The molecule has 0 aliphatic rings. The zero-order chi connectivity index (χ0) is 15.9. The van der Waals surface area contributed by atoms with Crippen LogP contribution in [0.4, 0.5) is 0 Å². The van der Waals surface area contributed by atoms with Crippen LogP contribution in [-0.2, 0) is 6.42 Å². The van der Waals surface area contributed by atoms with Crippen molar-refractivity contribution in [1.82, 2.24) is 15.0 Å². The van der Waals surface area contributed by atoms with Gasteiger partial charge in [0.25, 0.3) is 0 Å². The Labute approximate surface area is 127 Å². The maximum Gasteiger partial charge on any atom is 0.250 e. The standard InChI is InChI=1S/C14H17N7O/c15-4-12(9-3-10(14(17)22)6-18-5-9)13(16)20-2-1-11-7-19-8-21-11/h3-8,12,15H,1-2H2,(H2,16,20)(H2,17,22)(H,19,21). The Balaban J connectivity index is 2.11. The lowest BCUT2D eigenvalue weighted by Crippen LogP contribution is -2.24. The number of hydrogen-bond donors (Lipinski definition) is 4. The number of aromatic amines is 1. The monoisotopic (exact) mass is 299 g/mol. The third-order valence-electron chi connectivity index (χ3n) is 3.12. The van der Waals surface area contributed by atoms with Gasteiger partial charge in [0.1, 0.15) is 5.84 Å². The molecular formula is C14H17N7O. The zero-order valence-corrected chi connectivity index (χ0v) is 11.9. The van der Waals surface area contributed by atoms with Gasteiger partial charge in [-0.1, -0.05) is 0 Å². The van der Waals surface area contributed by atoms with Crippen LogP contribution in [0.15, 0.2) is 36.0 Å². The zero-order valence-electron chi connectivity index (χ0n) is 11.9. The van der Waals surface area contributed by atoms with Crippen molar-refractivity contribution in [3.8, 4) is 0 Å². The Morgan fingerprint density at radius 2 is 2.18 bits per heavy atom. The lowest BCUT2D eigenvalue weighted by atomic mass is 9.99. The van der Waals surface area contributed by atoms with E-state index in [2.05, 4.69) is 19.9 Å². The summed E-state index contributed by atoms with van der Waals surface area (Å²) < 4.78 is 0. The second-order valence-corrected chi connectivity index (χ2v) is 4.65. The summed E-state index contributed by atoms with van der Waals surface area (Å²) in [5.41, 5.74) is 13.0. The molecule has 0 aromatic carbocycles. The Morgan fingerprint density at radius 1 is 1.36 bits per heavy atom. The number of primary amides is 1. The Hall–Kier alpha value is -3.03. The van der Waals surface area contributed by atoms with Crippen LogP contribution in [0.5, 0.6) is 0 Å². The van der Waals surface area contributed by atoms with E-state index in [0.29, 0.717) is 18.5 Å². The second kappa shape index (κ2) is 7.11. The van der Waals surface area contributed by atoms with Gasteiger partial charge >= 0.3 is 0 Å². The minimum atomic E-state index is -0.576. The number of nitrogens with two attached hydrogens (primary N) is 2. The Morgan fingerprint density at radius 3 is 2.82 bits per heavy atom. The summed E-state index contributed by atoms with van der Waals surface area (Å²) in [6, 6.07) is 1.57. The number of amides is 1. The van der Waals surface area contributed by atoms with Crippen molar-refractivity contribution >= 4 is 18.0 Å². The van der Waals surface area contributed by atoms with Gasteiger partial charge in [-0.05, 0) is 11.6 Å². The molecule has 2 aromatic heterocycles. The first-order valence-corrected chi connectivity index (χ1v) is 6.64. The molecule has 0 bridgehead atoms. The van der Waals surface area contributed by atoms with Crippen molar-refractivity contribution < 1.29 is 4.79 Å². The van der Waals surface area contributed by atoms with Crippen LogP contribution in [-0.4, -0.2) is 39.5 Å². The van der Waals surface area contributed by atoms with E-state index in [-0.39, 0.29) is 11.4 Å². The van der Waals surface area contributed by atoms with Crippen LogP contribution in [0.25, 0.3) is 0 Å². The number of nitrogens with zero attached hydrogens (tertiary/aromatic N) is 3. The van der Waals surface area contributed by atoms with E-state index in [4.69, 9.17) is 16.9 Å². The van der Waals surface area contributed by atoms with Crippen LogP contribution in [0.1, 0.15) is 27.5 Å². The molecule has 2 aromatic rings. The predicted molar refractivity (Wildman–Crippen MR) is 83.1 cm³/mol. The first-order valence-electron chi connectivity index (χ1n) is 6.64. The van der Waals surface area contributed by atoms with E-state index in [1.54, 1.807) is 24.8 Å². The van der Waals surface area contributed by atoms with Crippen molar-refractivity contribution in [1.29, 1.82) is 5.41 Å². The van der Waals surface area contributed by atoms with Gasteiger partial charge in [0.15, 0.2) is 0 Å². The summed E-state index contributed by atoms with van der Waals surface area (Å²) in [5.74, 6) is -0.820. The number of aromatic nitrogens is 3. The molecule has 8 nitrogen and oxygen atoms in total. The molecule has 0 radical (unpaired) electrons. The van der Waals surface area contributed by atoms with E-state index >= 15 is 0 Å². The van der Waals surface area contributed by atoms with Crippen molar-refractivity contribution in [2.24, 2.45) is 16.5 Å². The van der Waals surface area contributed by atoms with Crippen LogP contribution in [0.2, 0.25) is 0 Å². The van der Waals surface area contributed by atoms with Crippen LogP contribution in [0.3, 0.4) is 0 Å². The summed E-state index contributed by atoms with van der Waals surface area (Å²) in [5, 5.41) is 7.53. The number of H-pyrrole nitrogens is 1. The fourth-order valence-electron chi connectivity index (χ4n) is 1.94. The molecule has 22 heavy (non-hydrogen) atoms. The molecule has 1 atom stereocenters. The highest BCUT2D eigenvalue weighted by atomic mass is 16.1. The predicted octanol–water partition coefficient (Wildman–Crippen LogP) is 0.237. The fourth-order valence-corrected chi connectivity index (χ4v) is 1.94. The summed E-state index contributed by atoms with van der Waals surface area (Å²) in [4.78, 5) is 26.3. The number of pyridine rings is 1. The highest BCUT2D eigenvalue weighted by Crippen LogP contribution is 2.14. The quantitative estimate of drug-likeness (QED) is 0.428. The van der Waals surface area contributed by atoms with Gasteiger partial charge < -0.3 is 21.9 Å². The van der Waals surface area contributed by atoms with E-state index < -0.39 is 11.8 Å². The summed E-state index contributed by atoms with van der Waals surface area (Å²) in [7, 11) is 0. The Kier molecular flexibility index (Phi) is 4.97. The third-order valence-corrected chi connectivity index (χ3v) is 3.12. The average Bonchev–Trinajstić information content (AvgIpc) is 3.01. The number of carbonyl (C=O) groups excluding carboxylic acids is 1. The molecule has 2 rings (SSSR count). The van der Waals surface area contributed by atoms with Gasteiger partial charge in [-0.3, -0.25) is 14.8 Å². The van der Waals surface area contributed by atoms with E-state index in [1.165, 1.54) is 6.20 Å². The minimum Gasteiger partial charge on any atom is -0.387 e. The van der Waals surface area contributed by atoms with E-state index in [0.717, 1.165) is 11.9 Å². The topological polar surface area (TPSA) is 147 Å². The number of nitrogens with one attached hydrogen (secondary N) is 2. The molecule has 0 fully saturated rings. The van der Waals surface area contributed by atoms with Gasteiger partial charge in [0.2, 0.25) is 5.91 Å². The van der Waals surface area contributed by atoms with Gasteiger partial charge in [-0.2, -0.15) is 0 Å². The van der Waals surface area contributed by atoms with Gasteiger partial charge in [0.05, 0.1) is 17.8 Å². The molecule has 8 heteroatoms. The number of amidine groups is 1.